The molecule has 6 rings (SSSR count). The van der Waals surface area contributed by atoms with Crippen molar-refractivity contribution in [1.29, 1.82) is 0 Å². The van der Waals surface area contributed by atoms with Crippen LogP contribution in [0.4, 0.5) is 0 Å². The number of amides is 1. The van der Waals surface area contributed by atoms with Gasteiger partial charge in [-0.15, -0.1) is 0 Å². The van der Waals surface area contributed by atoms with Gasteiger partial charge in [-0.2, -0.15) is 0 Å². The van der Waals surface area contributed by atoms with Gasteiger partial charge in [-0.25, -0.2) is 4.99 Å². The zero-order valence-corrected chi connectivity index (χ0v) is 22.2. The van der Waals surface area contributed by atoms with Gasteiger partial charge in [0.25, 0.3) is 5.91 Å². The summed E-state index contributed by atoms with van der Waals surface area (Å²) in [6.07, 6.45) is 11.3. The number of rotatable bonds is 4. The molecular weight excluding hydrogens is 460 g/mol. The van der Waals surface area contributed by atoms with Crippen LogP contribution >= 0.6 is 0 Å². The molecule has 2 fully saturated rings. The summed E-state index contributed by atoms with van der Waals surface area (Å²) in [4.78, 5) is 28.0. The molecular formula is C31H36N4O2. The van der Waals surface area contributed by atoms with Crippen LogP contribution in [0.15, 0.2) is 56.0 Å². The highest BCUT2D eigenvalue weighted by atomic mass is 16.3. The number of hydrogen-bond acceptors (Lipinski definition) is 5. The summed E-state index contributed by atoms with van der Waals surface area (Å²) in [5, 5.41) is 0. The summed E-state index contributed by atoms with van der Waals surface area (Å²) in [5.74, 6) is 2.94. The first kappa shape index (κ1) is 24.0. The van der Waals surface area contributed by atoms with E-state index in [2.05, 4.69) is 61.4 Å². The molecule has 2 aliphatic carbocycles. The molecule has 3 heterocycles. The van der Waals surface area contributed by atoms with Crippen LogP contribution < -0.4 is 0 Å². The Hall–Kier alpha value is -3.41. The molecule has 1 amide bonds. The number of benzene rings is 1. The lowest BCUT2D eigenvalue weighted by Crippen LogP contribution is -2.54. The maximum atomic E-state index is 13.7. The molecule has 6 nitrogen and oxygen atoms in total. The number of aryl methyl sites for hydroxylation is 3. The number of hydrogen-bond donors (Lipinski definition) is 0. The number of piperazine rings is 1. The van der Waals surface area contributed by atoms with Gasteiger partial charge in [0.2, 0.25) is 0 Å². The minimum Gasteiger partial charge on any atom is -0.465 e. The Labute approximate surface area is 219 Å². The normalized spacial score (nSPS) is 23.0. The van der Waals surface area contributed by atoms with Gasteiger partial charge in [-0.3, -0.25) is 9.79 Å². The number of fused-ring (bicyclic) bond motifs is 1. The first-order chi connectivity index (χ1) is 18.0. The highest BCUT2D eigenvalue weighted by Gasteiger charge is 2.36. The first-order valence-electron chi connectivity index (χ1n) is 13.7. The van der Waals surface area contributed by atoms with Crippen LogP contribution in [0.2, 0.25) is 0 Å². The van der Waals surface area contributed by atoms with Crippen LogP contribution in [0.25, 0.3) is 6.08 Å². The zero-order valence-electron chi connectivity index (χ0n) is 22.2. The van der Waals surface area contributed by atoms with Crippen molar-refractivity contribution >= 4 is 24.0 Å². The van der Waals surface area contributed by atoms with Crippen LogP contribution in [0.3, 0.4) is 0 Å². The lowest BCUT2D eigenvalue weighted by Gasteiger charge is -2.41. The van der Waals surface area contributed by atoms with Crippen molar-refractivity contribution in [2.24, 2.45) is 9.98 Å². The quantitative estimate of drug-likeness (QED) is 0.545. The van der Waals surface area contributed by atoms with Crippen molar-refractivity contribution < 1.29 is 9.21 Å². The van der Waals surface area contributed by atoms with E-state index >= 15 is 0 Å². The van der Waals surface area contributed by atoms with Gasteiger partial charge in [0, 0.05) is 56.3 Å². The fourth-order valence-electron chi connectivity index (χ4n) is 5.97. The van der Waals surface area contributed by atoms with Gasteiger partial charge >= 0.3 is 0 Å². The van der Waals surface area contributed by atoms with Crippen molar-refractivity contribution in [1.82, 2.24) is 9.80 Å². The van der Waals surface area contributed by atoms with Gasteiger partial charge in [-0.1, -0.05) is 42.0 Å². The third-order valence-corrected chi connectivity index (χ3v) is 8.03. The number of amidine groups is 1. The summed E-state index contributed by atoms with van der Waals surface area (Å²) < 4.78 is 5.97. The average Bonchev–Trinajstić information content (AvgIpc) is 3.69. The molecule has 192 valence electrons. The van der Waals surface area contributed by atoms with E-state index in [-0.39, 0.29) is 17.9 Å². The van der Waals surface area contributed by atoms with Gasteiger partial charge < -0.3 is 14.2 Å². The van der Waals surface area contributed by atoms with Gasteiger partial charge in [0.1, 0.15) is 11.5 Å². The van der Waals surface area contributed by atoms with E-state index in [4.69, 9.17) is 14.4 Å². The second-order valence-corrected chi connectivity index (χ2v) is 10.8. The predicted octanol–water partition coefficient (Wildman–Crippen LogP) is 5.71. The third kappa shape index (κ3) is 4.70. The summed E-state index contributed by atoms with van der Waals surface area (Å²) in [6.45, 7) is 9.25. The van der Waals surface area contributed by atoms with Gasteiger partial charge in [-0.05, 0) is 57.6 Å². The lowest BCUT2D eigenvalue weighted by molar-refractivity contribution is 0.0548. The monoisotopic (exact) mass is 496 g/mol. The van der Waals surface area contributed by atoms with E-state index < -0.39 is 0 Å². The van der Waals surface area contributed by atoms with E-state index in [0.717, 1.165) is 80.2 Å². The van der Waals surface area contributed by atoms with Crippen LogP contribution in [-0.2, 0) is 6.42 Å². The van der Waals surface area contributed by atoms with Crippen molar-refractivity contribution in [3.05, 3.63) is 75.4 Å². The van der Waals surface area contributed by atoms with E-state index in [0.29, 0.717) is 6.54 Å². The molecule has 0 spiro atoms. The highest BCUT2D eigenvalue weighted by Crippen LogP contribution is 2.36. The molecule has 1 aromatic heterocycles. The summed E-state index contributed by atoms with van der Waals surface area (Å²) in [6, 6.07) is 8.81. The topological polar surface area (TPSA) is 61.4 Å². The van der Waals surface area contributed by atoms with Gasteiger partial charge in [0.15, 0.2) is 5.84 Å². The molecule has 37 heavy (non-hydrogen) atoms. The van der Waals surface area contributed by atoms with Crippen LogP contribution in [0, 0.1) is 13.8 Å². The SMILES string of the molecule is Cc1cccc(C2C=NC(C(=C3CC3)N3CCN(C(=O)c4c(C)oc5c4C=CCC5)C(C)C3)=NCC2)c1. The molecule has 0 bridgehead atoms. The summed E-state index contributed by atoms with van der Waals surface area (Å²) in [5.41, 5.74) is 6.97. The molecule has 2 atom stereocenters. The molecule has 4 aliphatic rings. The largest absolute Gasteiger partial charge is 0.465 e. The fraction of sp³-hybridized carbons (Fsp3) is 0.452. The van der Waals surface area contributed by atoms with E-state index in [1.807, 2.05) is 11.8 Å². The Balaban J connectivity index is 1.19. The molecule has 2 aliphatic heterocycles. The summed E-state index contributed by atoms with van der Waals surface area (Å²) in [7, 11) is 0. The molecule has 0 N–H and O–H groups in total. The van der Waals surface area contributed by atoms with Crippen LogP contribution in [0.1, 0.15) is 77.1 Å². The number of carbonyl (C=O) groups excluding carboxylic acids is 1. The molecule has 0 radical (unpaired) electrons. The number of furan rings is 1. The molecule has 2 unspecified atom stereocenters. The number of carbonyl (C=O) groups is 1. The van der Waals surface area contributed by atoms with Crippen molar-refractivity contribution in [2.75, 3.05) is 26.2 Å². The molecule has 1 saturated carbocycles. The Morgan fingerprint density at radius 3 is 2.78 bits per heavy atom. The Morgan fingerprint density at radius 2 is 2.00 bits per heavy atom. The fourth-order valence-corrected chi connectivity index (χ4v) is 5.97. The van der Waals surface area contributed by atoms with Crippen LogP contribution in [0.5, 0.6) is 0 Å². The predicted molar refractivity (Wildman–Crippen MR) is 148 cm³/mol. The van der Waals surface area contributed by atoms with Crippen molar-refractivity contribution in [3.8, 4) is 0 Å². The smallest absolute Gasteiger partial charge is 0.258 e. The molecule has 6 heteroatoms. The van der Waals surface area contributed by atoms with Crippen LogP contribution in [-0.4, -0.2) is 60.0 Å². The Kier molecular flexibility index (Phi) is 6.35. The standard InChI is InChI=1S/C31H36N4O2/c1-20-7-6-8-24(17-20)25-13-14-32-30(33-18-25)29(23-11-12-23)34-15-16-35(21(2)19-34)31(36)28-22(3)37-27-10-5-4-9-26(27)28/h4,6-9,17-18,21,25H,5,10-16,19H2,1-3H3. The van der Waals surface area contributed by atoms with E-state index in [9.17, 15) is 4.79 Å². The number of nitrogens with zero attached hydrogens (tertiary/aromatic N) is 4. The maximum absolute atomic E-state index is 13.7. The summed E-state index contributed by atoms with van der Waals surface area (Å²) >= 11 is 0. The van der Waals surface area contributed by atoms with E-state index in [1.54, 1.807) is 0 Å². The Morgan fingerprint density at radius 1 is 1.14 bits per heavy atom. The molecule has 2 aromatic rings. The van der Waals surface area contributed by atoms with Crippen molar-refractivity contribution in [2.45, 2.75) is 64.8 Å². The highest BCUT2D eigenvalue weighted by molar-refractivity contribution is 6.04. The van der Waals surface area contributed by atoms with E-state index in [1.165, 1.54) is 22.4 Å². The van der Waals surface area contributed by atoms with Gasteiger partial charge in [0.05, 0.1) is 11.3 Å². The second-order valence-electron chi connectivity index (χ2n) is 10.8. The molecule has 1 saturated heterocycles. The minimum atomic E-state index is 0.0866. The Bertz CT molecular complexity index is 1340. The third-order valence-electron chi connectivity index (χ3n) is 8.03. The average molecular weight is 497 g/mol. The minimum absolute atomic E-state index is 0.0866. The second kappa shape index (κ2) is 9.81. The first-order valence-corrected chi connectivity index (χ1v) is 13.7. The van der Waals surface area contributed by atoms with Crippen molar-refractivity contribution in [3.63, 3.8) is 0 Å². The lowest BCUT2D eigenvalue weighted by atomic mass is 9.96. The maximum Gasteiger partial charge on any atom is 0.258 e. The number of aliphatic imine (C=N–C) groups is 2. The zero-order chi connectivity index (χ0) is 25.5. The number of allylic oxidation sites excluding steroid dienone is 2. The molecule has 1 aromatic carbocycles.